The number of carboxylic acids is 1. The van der Waals surface area contributed by atoms with Gasteiger partial charge >= 0.3 is 5.97 Å². The molecule has 2 amide bonds. The molecule has 3 aromatic rings. The largest absolute Gasteiger partial charge is 0.481 e. The second kappa shape index (κ2) is 9.78. The first-order valence-corrected chi connectivity index (χ1v) is 10.1. The zero-order chi connectivity index (χ0) is 23.3. The number of nitrogens with one attached hydrogen (secondary N) is 4. The van der Waals surface area contributed by atoms with Crippen LogP contribution in [0.3, 0.4) is 0 Å². The maximum absolute atomic E-state index is 12.6. The first-order valence-electron chi connectivity index (χ1n) is 10.1. The van der Waals surface area contributed by atoms with Crippen molar-refractivity contribution in [2.45, 2.75) is 31.8 Å². The van der Waals surface area contributed by atoms with Crippen LogP contribution in [0, 0.1) is 5.41 Å². The lowest BCUT2D eigenvalue weighted by molar-refractivity contribution is -0.137. The number of hydrogen-bond donors (Lipinski definition) is 6. The fourth-order valence-electron chi connectivity index (χ4n) is 3.42. The third-order valence-corrected chi connectivity index (χ3v) is 4.96. The molecule has 2 unspecified atom stereocenters. The topological polar surface area (TPSA) is 161 Å². The third kappa shape index (κ3) is 5.72. The molecule has 0 aliphatic carbocycles. The second-order valence-corrected chi connectivity index (χ2v) is 7.61. The van der Waals surface area contributed by atoms with E-state index in [0.29, 0.717) is 16.8 Å². The van der Waals surface area contributed by atoms with Gasteiger partial charge in [-0.25, -0.2) is 0 Å². The van der Waals surface area contributed by atoms with Crippen molar-refractivity contribution in [1.29, 1.82) is 5.41 Å². The third-order valence-electron chi connectivity index (χ3n) is 4.96. The number of hydrogen-bond acceptors (Lipinski definition) is 4. The highest BCUT2D eigenvalue weighted by Gasteiger charge is 2.20. The van der Waals surface area contributed by atoms with E-state index < -0.39 is 18.1 Å². The number of amidine groups is 1. The van der Waals surface area contributed by atoms with E-state index >= 15 is 0 Å². The number of carboxylic acid groups (broad SMARTS) is 1. The quantitative estimate of drug-likeness (QED) is 0.224. The summed E-state index contributed by atoms with van der Waals surface area (Å²) in [7, 11) is 0. The minimum atomic E-state index is -1.02. The minimum Gasteiger partial charge on any atom is -0.481 e. The molecule has 2 aromatic carbocycles. The number of nitrogens with two attached hydrogens (primary N) is 1. The number of H-pyrrole nitrogens is 1. The van der Waals surface area contributed by atoms with Gasteiger partial charge in [0.15, 0.2) is 0 Å². The Morgan fingerprint density at radius 1 is 1.06 bits per heavy atom. The second-order valence-electron chi connectivity index (χ2n) is 7.61. The minimum absolute atomic E-state index is 0.0105. The highest BCUT2D eigenvalue weighted by atomic mass is 16.4. The van der Waals surface area contributed by atoms with Crippen molar-refractivity contribution in [3.63, 3.8) is 0 Å². The first kappa shape index (κ1) is 22.5. The molecule has 2 atom stereocenters. The summed E-state index contributed by atoms with van der Waals surface area (Å²) in [5, 5.41) is 22.9. The predicted octanol–water partition coefficient (Wildman–Crippen LogP) is 2.29. The molecule has 0 aliphatic heterocycles. The fourth-order valence-corrected chi connectivity index (χ4v) is 3.42. The van der Waals surface area contributed by atoms with Crippen LogP contribution in [-0.4, -0.2) is 39.8 Å². The van der Waals surface area contributed by atoms with Gasteiger partial charge in [-0.2, -0.15) is 0 Å². The molecule has 9 nitrogen and oxygen atoms in total. The lowest BCUT2D eigenvalue weighted by atomic mass is 10.0. The van der Waals surface area contributed by atoms with E-state index in [1.54, 1.807) is 55.5 Å². The number of rotatable bonds is 9. The van der Waals surface area contributed by atoms with E-state index in [-0.39, 0.29) is 30.5 Å². The predicted molar refractivity (Wildman–Crippen MR) is 120 cm³/mol. The Bertz CT molecular complexity index is 1160. The van der Waals surface area contributed by atoms with E-state index in [1.165, 1.54) is 0 Å². The van der Waals surface area contributed by atoms with Crippen molar-refractivity contribution in [1.82, 2.24) is 15.6 Å². The molecule has 0 saturated heterocycles. The first-order chi connectivity index (χ1) is 15.2. The van der Waals surface area contributed by atoms with Crippen molar-refractivity contribution in [2.75, 3.05) is 0 Å². The van der Waals surface area contributed by atoms with E-state index in [4.69, 9.17) is 16.2 Å². The monoisotopic (exact) mass is 435 g/mol. The lowest BCUT2D eigenvalue weighted by Gasteiger charge is -2.19. The molecule has 1 heterocycles. The van der Waals surface area contributed by atoms with Gasteiger partial charge in [-0.15, -0.1) is 0 Å². The van der Waals surface area contributed by atoms with Crippen molar-refractivity contribution >= 4 is 34.5 Å². The summed E-state index contributed by atoms with van der Waals surface area (Å²) in [5.41, 5.74) is 7.81. The number of aromatic amines is 1. The number of amides is 2. The summed E-state index contributed by atoms with van der Waals surface area (Å²) in [6.45, 7) is 1.70. The van der Waals surface area contributed by atoms with Gasteiger partial charge < -0.3 is 26.5 Å². The molecule has 32 heavy (non-hydrogen) atoms. The van der Waals surface area contributed by atoms with Gasteiger partial charge in [-0.3, -0.25) is 19.8 Å². The normalized spacial score (nSPS) is 12.7. The molecular formula is C23H25N5O4. The Labute approximate surface area is 184 Å². The molecule has 0 radical (unpaired) electrons. The van der Waals surface area contributed by atoms with Crippen molar-refractivity contribution in [2.24, 2.45) is 5.73 Å². The Morgan fingerprint density at radius 2 is 1.78 bits per heavy atom. The van der Waals surface area contributed by atoms with Crippen LogP contribution in [0.4, 0.5) is 0 Å². The standard InChI is InChI=1S/C23H25N5O4/c1-13(9-20(29)28-18(12-21(30)31)14-5-3-2-4-6-14)26-23(32)19-11-16-10-15(22(24)25)7-8-17(16)27-19/h2-8,10-11,13,18,27H,9,12H2,1H3,(H3,24,25)(H,26,32)(H,28,29)(H,30,31). The highest BCUT2D eigenvalue weighted by molar-refractivity contribution is 6.02. The number of aromatic nitrogens is 1. The zero-order valence-electron chi connectivity index (χ0n) is 17.5. The van der Waals surface area contributed by atoms with Gasteiger partial charge in [-0.1, -0.05) is 30.3 Å². The summed E-state index contributed by atoms with van der Waals surface area (Å²) < 4.78 is 0. The summed E-state index contributed by atoms with van der Waals surface area (Å²) in [5.74, 6) is -1.82. The van der Waals surface area contributed by atoms with Crippen LogP contribution >= 0.6 is 0 Å². The van der Waals surface area contributed by atoms with Crippen LogP contribution in [0.1, 0.15) is 47.4 Å². The summed E-state index contributed by atoms with van der Waals surface area (Å²) >= 11 is 0. The van der Waals surface area contributed by atoms with Crippen molar-refractivity contribution in [3.05, 3.63) is 71.4 Å². The molecule has 0 aliphatic rings. The van der Waals surface area contributed by atoms with Gasteiger partial charge in [-0.05, 0) is 36.8 Å². The van der Waals surface area contributed by atoms with Crippen molar-refractivity contribution < 1.29 is 19.5 Å². The molecule has 7 N–H and O–H groups in total. The van der Waals surface area contributed by atoms with Gasteiger partial charge in [0.05, 0.1) is 12.5 Å². The van der Waals surface area contributed by atoms with Crippen LogP contribution < -0.4 is 16.4 Å². The van der Waals surface area contributed by atoms with E-state index in [0.717, 1.165) is 10.9 Å². The molecule has 3 rings (SSSR count). The van der Waals surface area contributed by atoms with E-state index in [2.05, 4.69) is 15.6 Å². The lowest BCUT2D eigenvalue weighted by Crippen LogP contribution is -2.38. The average Bonchev–Trinajstić information content (AvgIpc) is 3.17. The molecule has 0 bridgehead atoms. The Morgan fingerprint density at radius 3 is 2.44 bits per heavy atom. The van der Waals surface area contributed by atoms with Gasteiger partial charge in [0.2, 0.25) is 5.91 Å². The molecule has 0 saturated carbocycles. The molecule has 9 heteroatoms. The summed E-state index contributed by atoms with van der Waals surface area (Å²) in [4.78, 5) is 39.3. The molecule has 1 aromatic heterocycles. The maximum Gasteiger partial charge on any atom is 0.305 e. The van der Waals surface area contributed by atoms with E-state index in [9.17, 15) is 14.4 Å². The van der Waals surface area contributed by atoms with Crippen LogP contribution in [0.15, 0.2) is 54.6 Å². The molecule has 166 valence electrons. The Balaban J connectivity index is 1.61. The fraction of sp³-hybridized carbons (Fsp3) is 0.217. The van der Waals surface area contributed by atoms with Gasteiger partial charge in [0.25, 0.3) is 5.91 Å². The summed E-state index contributed by atoms with van der Waals surface area (Å²) in [6.07, 6.45) is -0.253. The number of benzene rings is 2. The van der Waals surface area contributed by atoms with Gasteiger partial charge in [0.1, 0.15) is 11.5 Å². The van der Waals surface area contributed by atoms with E-state index in [1.807, 2.05) is 6.07 Å². The molecule has 0 spiro atoms. The highest BCUT2D eigenvalue weighted by Crippen LogP contribution is 2.18. The average molecular weight is 435 g/mol. The number of aliphatic carboxylic acids is 1. The number of carbonyl (C=O) groups is 3. The van der Waals surface area contributed by atoms with Crippen LogP contribution in [-0.2, 0) is 9.59 Å². The van der Waals surface area contributed by atoms with Crippen LogP contribution in [0.2, 0.25) is 0 Å². The Hall–Kier alpha value is -4.14. The molecular weight excluding hydrogens is 410 g/mol. The van der Waals surface area contributed by atoms with Crippen molar-refractivity contribution in [3.8, 4) is 0 Å². The van der Waals surface area contributed by atoms with Crippen LogP contribution in [0.5, 0.6) is 0 Å². The Kier molecular flexibility index (Phi) is 6.89. The zero-order valence-corrected chi connectivity index (χ0v) is 17.5. The SMILES string of the molecule is CC(CC(=O)NC(CC(=O)O)c1ccccc1)NC(=O)c1cc2cc(C(=N)N)ccc2[nH]1. The van der Waals surface area contributed by atoms with Gasteiger partial charge in [0, 0.05) is 28.9 Å². The summed E-state index contributed by atoms with van der Waals surface area (Å²) in [6, 6.07) is 14.5. The number of fused-ring (bicyclic) bond motifs is 1. The smallest absolute Gasteiger partial charge is 0.305 e. The van der Waals surface area contributed by atoms with Crippen LogP contribution in [0.25, 0.3) is 10.9 Å². The molecule has 0 fully saturated rings. The maximum atomic E-state index is 12.6. The number of carbonyl (C=O) groups excluding carboxylic acids is 2. The number of nitrogen functional groups attached to an aromatic ring is 1.